The molecule has 0 atom stereocenters. The van der Waals surface area contributed by atoms with Crippen LogP contribution < -0.4 is 9.80 Å². The molecule has 0 spiro atoms. The number of para-hydroxylation sites is 4. The second kappa shape index (κ2) is 16.7. The second-order valence-corrected chi connectivity index (χ2v) is 20.1. The Balaban J connectivity index is 0.866. The molecule has 0 bridgehead atoms. The molecule has 2 aliphatic carbocycles. The van der Waals surface area contributed by atoms with Crippen LogP contribution in [0.25, 0.3) is 82.4 Å². The molecule has 73 heavy (non-hydrogen) atoms. The number of fused-ring (bicyclic) bond motifs is 11. The highest BCUT2D eigenvalue weighted by Crippen LogP contribution is 2.53. The maximum Gasteiger partial charge on any atom is 0.0468 e. The summed E-state index contributed by atoms with van der Waals surface area (Å²) in [5, 5.41) is 7.54. The van der Waals surface area contributed by atoms with Gasteiger partial charge in [-0.1, -0.05) is 178 Å². The van der Waals surface area contributed by atoms with Crippen molar-refractivity contribution in [2.45, 2.75) is 19.3 Å². The van der Waals surface area contributed by atoms with Crippen molar-refractivity contribution in [3.8, 4) is 44.5 Å². The molecule has 0 fully saturated rings. The van der Waals surface area contributed by atoms with Crippen LogP contribution in [0.15, 0.2) is 261 Å². The van der Waals surface area contributed by atoms with E-state index in [4.69, 9.17) is 6.58 Å². The van der Waals surface area contributed by atoms with Gasteiger partial charge in [0.2, 0.25) is 0 Å². The Morgan fingerprint density at radius 3 is 1.15 bits per heavy atom. The molecule has 0 unspecified atom stereocenters. The van der Waals surface area contributed by atoms with Gasteiger partial charge in [-0.25, -0.2) is 0 Å². The Morgan fingerprint density at radius 2 is 0.658 bits per heavy atom. The molecule has 0 N–H and O–H groups in total. The molecule has 0 heterocycles. The van der Waals surface area contributed by atoms with Crippen molar-refractivity contribution in [2.24, 2.45) is 0 Å². The third-order valence-corrected chi connectivity index (χ3v) is 15.7. The predicted octanol–water partition coefficient (Wildman–Crippen LogP) is 19.8. The van der Waals surface area contributed by atoms with Crippen molar-refractivity contribution >= 4 is 72.0 Å². The third kappa shape index (κ3) is 6.79. The fourth-order valence-electron chi connectivity index (χ4n) is 12.2. The van der Waals surface area contributed by atoms with Crippen molar-refractivity contribution in [1.29, 1.82) is 0 Å². The van der Waals surface area contributed by atoms with E-state index in [1.807, 2.05) is 0 Å². The summed E-state index contributed by atoms with van der Waals surface area (Å²) in [4.78, 5) is 4.69. The van der Waals surface area contributed by atoms with Crippen LogP contribution >= 0.6 is 0 Å². The van der Waals surface area contributed by atoms with Gasteiger partial charge in [-0.05, 0) is 202 Å². The Morgan fingerprint density at radius 1 is 0.288 bits per heavy atom. The van der Waals surface area contributed by atoms with Crippen LogP contribution in [0.3, 0.4) is 0 Å². The van der Waals surface area contributed by atoms with Crippen molar-refractivity contribution in [3.63, 3.8) is 0 Å². The first-order valence-corrected chi connectivity index (χ1v) is 25.3. The van der Waals surface area contributed by atoms with E-state index in [9.17, 15) is 0 Å². The summed E-state index contributed by atoms with van der Waals surface area (Å²) in [5.41, 5.74) is 22.6. The first-order valence-electron chi connectivity index (χ1n) is 25.3. The van der Waals surface area contributed by atoms with Crippen LogP contribution in [0.2, 0.25) is 0 Å². The highest BCUT2D eigenvalue weighted by atomic mass is 15.1. The topological polar surface area (TPSA) is 6.48 Å². The zero-order valence-electron chi connectivity index (χ0n) is 40.9. The lowest BCUT2D eigenvalue weighted by atomic mass is 9.81. The lowest BCUT2D eigenvalue weighted by Gasteiger charge is -2.28. The highest BCUT2D eigenvalue weighted by Gasteiger charge is 2.37. The summed E-state index contributed by atoms with van der Waals surface area (Å²) < 4.78 is 0. The standard InChI is InChI=1S/C71H50N2/c1-46-64-40-47(32-36-58(64)59-38-34-54(44-65(46)59)72(50-20-8-4-9-21-50)51-22-10-5-11-23-51)66-41-49-42-67(57-29-17-19-31-63(57)70(49)62-30-18-16-28-56(62)66)48-33-37-60-61-39-35-55(45-69(61)71(2,3)68(60)43-48)73(52-24-12-6-13-25-52)53-26-14-7-15-27-53/h4-45H,1H2,2-3H3. The van der Waals surface area contributed by atoms with E-state index in [2.05, 4.69) is 278 Å². The quantitative estimate of drug-likeness (QED) is 0.140. The minimum Gasteiger partial charge on any atom is -0.310 e. The summed E-state index contributed by atoms with van der Waals surface area (Å²) in [6.07, 6.45) is 0. The average Bonchev–Trinajstić information content (AvgIpc) is 3.85. The van der Waals surface area contributed by atoms with Crippen LogP contribution in [-0.4, -0.2) is 0 Å². The van der Waals surface area contributed by atoms with E-state index >= 15 is 0 Å². The van der Waals surface area contributed by atoms with Crippen LogP contribution in [0.5, 0.6) is 0 Å². The monoisotopic (exact) mass is 930 g/mol. The molecule has 12 aromatic rings. The lowest BCUT2D eigenvalue weighted by molar-refractivity contribution is 0.660. The van der Waals surface area contributed by atoms with Gasteiger partial charge in [-0.15, -0.1) is 0 Å². The number of hydrogen-bond acceptors (Lipinski definition) is 2. The maximum absolute atomic E-state index is 4.77. The number of nitrogens with zero attached hydrogens (tertiary/aromatic N) is 2. The Kier molecular flexibility index (Phi) is 9.75. The van der Waals surface area contributed by atoms with Crippen LogP contribution in [0, 0.1) is 0 Å². The van der Waals surface area contributed by atoms with E-state index in [0.717, 1.165) is 39.7 Å². The van der Waals surface area contributed by atoms with Gasteiger partial charge in [0.15, 0.2) is 0 Å². The van der Waals surface area contributed by atoms with Gasteiger partial charge in [0, 0.05) is 39.5 Å². The number of benzene rings is 12. The van der Waals surface area contributed by atoms with Crippen molar-refractivity contribution in [1.82, 2.24) is 0 Å². The molecule has 2 nitrogen and oxygen atoms in total. The summed E-state index contributed by atoms with van der Waals surface area (Å²) in [6, 6.07) is 93.6. The van der Waals surface area contributed by atoms with Gasteiger partial charge in [0.1, 0.15) is 0 Å². The molecule has 12 aromatic carbocycles. The lowest BCUT2D eigenvalue weighted by Crippen LogP contribution is -2.16. The van der Waals surface area contributed by atoms with Crippen LogP contribution in [0.1, 0.15) is 36.1 Å². The van der Waals surface area contributed by atoms with Gasteiger partial charge in [-0.2, -0.15) is 0 Å². The second-order valence-electron chi connectivity index (χ2n) is 20.1. The fraction of sp³-hybridized carbons (Fsp3) is 0.0423. The van der Waals surface area contributed by atoms with E-state index in [1.165, 1.54) is 99.1 Å². The molecule has 0 saturated heterocycles. The van der Waals surface area contributed by atoms with Crippen molar-refractivity contribution in [3.05, 3.63) is 284 Å². The molecule has 0 aliphatic heterocycles. The Bertz CT molecular complexity index is 4090. The largest absolute Gasteiger partial charge is 0.310 e. The van der Waals surface area contributed by atoms with Gasteiger partial charge in [0.25, 0.3) is 0 Å². The minimum atomic E-state index is -0.228. The molecule has 14 rings (SSSR count). The Labute approximate surface area is 427 Å². The molecule has 0 radical (unpaired) electrons. The molecule has 0 amide bonds. The summed E-state index contributed by atoms with van der Waals surface area (Å²) in [7, 11) is 0. The van der Waals surface area contributed by atoms with Crippen molar-refractivity contribution in [2.75, 3.05) is 9.80 Å². The van der Waals surface area contributed by atoms with E-state index < -0.39 is 0 Å². The minimum absolute atomic E-state index is 0.228. The first-order chi connectivity index (χ1) is 35.9. The third-order valence-electron chi connectivity index (χ3n) is 15.7. The molecule has 344 valence electrons. The zero-order valence-corrected chi connectivity index (χ0v) is 40.9. The van der Waals surface area contributed by atoms with E-state index in [1.54, 1.807) is 0 Å². The zero-order chi connectivity index (χ0) is 48.8. The highest BCUT2D eigenvalue weighted by molar-refractivity contribution is 6.26. The van der Waals surface area contributed by atoms with E-state index in [-0.39, 0.29) is 5.41 Å². The van der Waals surface area contributed by atoms with Gasteiger partial charge < -0.3 is 9.80 Å². The van der Waals surface area contributed by atoms with Gasteiger partial charge in [0.05, 0.1) is 0 Å². The Hall–Kier alpha value is -9.24. The smallest absolute Gasteiger partial charge is 0.0468 e. The van der Waals surface area contributed by atoms with E-state index in [0.29, 0.717) is 0 Å². The molecule has 0 saturated carbocycles. The fourth-order valence-corrected chi connectivity index (χ4v) is 12.2. The van der Waals surface area contributed by atoms with Crippen molar-refractivity contribution < 1.29 is 0 Å². The molecular weight excluding hydrogens is 881 g/mol. The number of rotatable bonds is 8. The average molecular weight is 931 g/mol. The van der Waals surface area contributed by atoms with Gasteiger partial charge in [-0.3, -0.25) is 0 Å². The molecular formula is C71H50N2. The number of hydrogen-bond donors (Lipinski definition) is 0. The molecule has 0 aromatic heterocycles. The van der Waals surface area contributed by atoms with Crippen LogP contribution in [0.4, 0.5) is 34.1 Å². The molecule has 2 aliphatic rings. The summed E-state index contributed by atoms with van der Waals surface area (Å²) in [6.45, 7) is 9.56. The predicted molar refractivity (Wildman–Crippen MR) is 310 cm³/mol. The van der Waals surface area contributed by atoms with Crippen LogP contribution in [-0.2, 0) is 5.41 Å². The summed E-state index contributed by atoms with van der Waals surface area (Å²) >= 11 is 0. The first kappa shape index (κ1) is 42.6. The summed E-state index contributed by atoms with van der Waals surface area (Å²) in [5.74, 6) is 0. The van der Waals surface area contributed by atoms with Gasteiger partial charge >= 0.3 is 0 Å². The SMILES string of the molecule is C=C1c2cc(-c3cc4cc(-c5ccc6c(c5)C(C)(C)c5cc(N(c7ccccc7)c7ccccc7)ccc5-6)c5ccccc5c4c4ccccc34)ccc2-c2ccc(N(c3ccccc3)c3ccccc3)cc21. The number of anilines is 6. The normalized spacial score (nSPS) is 12.9. The molecule has 2 heteroatoms. The maximum atomic E-state index is 4.77.